The van der Waals surface area contributed by atoms with Crippen LogP contribution < -0.4 is 0 Å². The van der Waals surface area contributed by atoms with Crippen LogP contribution in [0.15, 0.2) is 40.2 Å². The Labute approximate surface area is 166 Å². The first-order valence-electron chi connectivity index (χ1n) is 8.35. The molecule has 0 N–H and O–H groups in total. The van der Waals surface area contributed by atoms with Crippen LogP contribution in [0.3, 0.4) is 0 Å². The topological polar surface area (TPSA) is 51.5 Å². The van der Waals surface area contributed by atoms with Gasteiger partial charge in [0.2, 0.25) is 0 Å². The highest BCUT2D eigenvalue weighted by Gasteiger charge is 2.17. The Kier molecular flexibility index (Phi) is 6.46. The fourth-order valence-electron chi connectivity index (χ4n) is 2.70. The number of carbonyl (C=O) groups is 1. The van der Waals surface area contributed by atoms with E-state index < -0.39 is 0 Å². The molecule has 1 aliphatic heterocycles. The van der Waals surface area contributed by atoms with Gasteiger partial charge in [-0.3, -0.25) is 4.99 Å². The van der Waals surface area contributed by atoms with Gasteiger partial charge in [0.1, 0.15) is 0 Å². The minimum absolute atomic E-state index is 0.199. The van der Waals surface area contributed by atoms with Crippen LogP contribution in [0, 0.1) is 5.92 Å². The van der Waals surface area contributed by atoms with Crippen LogP contribution >= 0.6 is 34.5 Å². The highest BCUT2D eigenvalue weighted by Crippen LogP contribution is 2.30. The fourth-order valence-corrected chi connectivity index (χ4v) is 3.89. The summed E-state index contributed by atoms with van der Waals surface area (Å²) in [6, 6.07) is 5.50. The number of hydrogen-bond donors (Lipinski definition) is 0. The van der Waals surface area contributed by atoms with Crippen LogP contribution in [0.25, 0.3) is 11.3 Å². The van der Waals surface area contributed by atoms with E-state index in [0.29, 0.717) is 28.8 Å². The van der Waals surface area contributed by atoms with Gasteiger partial charge in [-0.2, -0.15) is 0 Å². The smallest absolute Gasteiger partial charge is 0.339 e. The van der Waals surface area contributed by atoms with Crippen molar-refractivity contribution >= 4 is 46.7 Å². The van der Waals surface area contributed by atoms with Gasteiger partial charge in [-0.25, -0.2) is 9.78 Å². The minimum Gasteiger partial charge on any atom is -0.462 e. The Hall–Kier alpha value is -1.69. The number of aliphatic imine (C=N–C) groups is 1. The molecule has 0 spiro atoms. The van der Waals surface area contributed by atoms with E-state index in [1.165, 1.54) is 0 Å². The van der Waals surface area contributed by atoms with E-state index in [1.807, 2.05) is 23.6 Å². The molecule has 1 unspecified atom stereocenters. The number of esters is 1. The largest absolute Gasteiger partial charge is 0.462 e. The molecule has 0 fully saturated rings. The molecule has 2 aromatic rings. The van der Waals surface area contributed by atoms with Crippen molar-refractivity contribution < 1.29 is 9.53 Å². The van der Waals surface area contributed by atoms with Crippen molar-refractivity contribution in [3.05, 3.63) is 50.3 Å². The standard InChI is InChI=1S/C19H18Cl2N2O2S/c1-2-25-19(24)14-7-12(5-6-22-10-14)8-18-23-17(11-26-18)13-3-4-15(20)16(21)9-13/h3-4,7,9-12H,2,5-6,8H2,1H3. The molecule has 2 heterocycles. The number of allylic oxidation sites excluding steroid dienone is 1. The summed E-state index contributed by atoms with van der Waals surface area (Å²) in [6.45, 7) is 2.84. The molecule has 26 heavy (non-hydrogen) atoms. The summed E-state index contributed by atoms with van der Waals surface area (Å²) in [6.07, 6.45) is 5.20. The number of carbonyl (C=O) groups excluding carboxylic acids is 1. The van der Waals surface area contributed by atoms with Crippen LogP contribution in [0.1, 0.15) is 18.4 Å². The van der Waals surface area contributed by atoms with Crippen molar-refractivity contribution in [3.8, 4) is 11.3 Å². The lowest BCUT2D eigenvalue weighted by Gasteiger charge is -2.09. The maximum Gasteiger partial charge on any atom is 0.339 e. The highest BCUT2D eigenvalue weighted by atomic mass is 35.5. The van der Waals surface area contributed by atoms with Crippen molar-refractivity contribution in [2.75, 3.05) is 13.2 Å². The average molecular weight is 409 g/mol. The molecular weight excluding hydrogens is 391 g/mol. The normalized spacial score (nSPS) is 16.9. The van der Waals surface area contributed by atoms with Gasteiger partial charge >= 0.3 is 5.97 Å². The van der Waals surface area contributed by atoms with Crippen molar-refractivity contribution in [3.63, 3.8) is 0 Å². The average Bonchev–Trinajstić information content (AvgIpc) is 2.95. The molecule has 0 saturated carbocycles. The van der Waals surface area contributed by atoms with Crippen LogP contribution in [0.2, 0.25) is 10.0 Å². The molecule has 1 aliphatic rings. The Balaban J connectivity index is 1.74. The van der Waals surface area contributed by atoms with E-state index in [-0.39, 0.29) is 11.9 Å². The molecule has 0 bridgehead atoms. The second-order valence-corrected chi connectivity index (χ2v) is 7.64. The number of benzene rings is 1. The van der Waals surface area contributed by atoms with Gasteiger partial charge in [0.25, 0.3) is 0 Å². The Morgan fingerprint density at radius 1 is 1.35 bits per heavy atom. The maximum atomic E-state index is 12.0. The first kappa shape index (κ1) is 19.1. The maximum absolute atomic E-state index is 12.0. The quantitative estimate of drug-likeness (QED) is 0.635. The van der Waals surface area contributed by atoms with E-state index in [2.05, 4.69) is 4.99 Å². The van der Waals surface area contributed by atoms with Crippen molar-refractivity contribution in [2.45, 2.75) is 19.8 Å². The highest BCUT2D eigenvalue weighted by molar-refractivity contribution is 7.09. The summed E-state index contributed by atoms with van der Waals surface area (Å²) in [5.74, 6) is -0.122. The number of ether oxygens (including phenoxy) is 1. The predicted molar refractivity (Wildman–Crippen MR) is 107 cm³/mol. The number of aromatic nitrogens is 1. The van der Waals surface area contributed by atoms with Crippen LogP contribution in [0.4, 0.5) is 0 Å². The van der Waals surface area contributed by atoms with Gasteiger partial charge in [0.15, 0.2) is 0 Å². The minimum atomic E-state index is -0.321. The molecule has 1 aromatic heterocycles. The third-order valence-corrected chi connectivity index (χ3v) is 5.60. The fraction of sp³-hybridized carbons (Fsp3) is 0.316. The predicted octanol–water partition coefficient (Wildman–Crippen LogP) is 5.24. The van der Waals surface area contributed by atoms with E-state index >= 15 is 0 Å². The molecule has 7 heteroatoms. The van der Waals surface area contributed by atoms with Gasteiger partial charge in [-0.05, 0) is 31.4 Å². The van der Waals surface area contributed by atoms with Crippen molar-refractivity contribution in [1.82, 2.24) is 4.98 Å². The summed E-state index contributed by atoms with van der Waals surface area (Å²) in [5.41, 5.74) is 2.34. The van der Waals surface area contributed by atoms with Gasteiger partial charge < -0.3 is 4.74 Å². The summed E-state index contributed by atoms with van der Waals surface area (Å²) < 4.78 is 5.08. The van der Waals surface area contributed by atoms with Crippen molar-refractivity contribution in [1.29, 1.82) is 0 Å². The van der Waals surface area contributed by atoms with Crippen LogP contribution in [-0.4, -0.2) is 30.3 Å². The number of thiazole rings is 1. The Morgan fingerprint density at radius 3 is 2.96 bits per heavy atom. The summed E-state index contributed by atoms with van der Waals surface area (Å²) >= 11 is 13.7. The van der Waals surface area contributed by atoms with Crippen molar-refractivity contribution in [2.24, 2.45) is 10.9 Å². The SMILES string of the molecule is CCOC(=O)C1=CC(Cc2nc(-c3ccc(Cl)c(Cl)c3)cs2)CCN=C1. The molecule has 1 atom stereocenters. The third kappa shape index (κ3) is 4.72. The summed E-state index contributed by atoms with van der Waals surface area (Å²) in [4.78, 5) is 21.0. The molecule has 0 aliphatic carbocycles. The van der Waals surface area contributed by atoms with E-state index in [4.69, 9.17) is 32.9 Å². The molecule has 136 valence electrons. The monoisotopic (exact) mass is 408 g/mol. The second kappa shape index (κ2) is 8.80. The number of hydrogen-bond acceptors (Lipinski definition) is 5. The van der Waals surface area contributed by atoms with Gasteiger partial charge in [-0.15, -0.1) is 11.3 Å². The molecule has 0 radical (unpaired) electrons. The number of halogens is 2. The summed E-state index contributed by atoms with van der Waals surface area (Å²) in [5, 5.41) is 4.07. The Bertz CT molecular complexity index is 861. The summed E-state index contributed by atoms with van der Waals surface area (Å²) in [7, 11) is 0. The molecule has 0 amide bonds. The lowest BCUT2D eigenvalue weighted by atomic mass is 9.99. The zero-order chi connectivity index (χ0) is 18.5. The lowest BCUT2D eigenvalue weighted by molar-refractivity contribution is -0.137. The zero-order valence-corrected chi connectivity index (χ0v) is 16.6. The first-order chi connectivity index (χ1) is 12.6. The molecule has 3 rings (SSSR count). The molecular formula is C19H18Cl2N2O2S. The van der Waals surface area contributed by atoms with Gasteiger partial charge in [-0.1, -0.05) is 35.3 Å². The first-order valence-corrected chi connectivity index (χ1v) is 9.99. The molecule has 1 aromatic carbocycles. The molecule has 4 nitrogen and oxygen atoms in total. The van der Waals surface area contributed by atoms with Gasteiger partial charge in [0, 0.05) is 30.1 Å². The molecule has 0 saturated heterocycles. The number of nitrogens with zero attached hydrogens (tertiary/aromatic N) is 2. The van der Waals surface area contributed by atoms with Gasteiger partial charge in [0.05, 0.1) is 32.9 Å². The third-order valence-electron chi connectivity index (χ3n) is 3.99. The number of rotatable bonds is 5. The Morgan fingerprint density at radius 2 is 2.19 bits per heavy atom. The van der Waals surface area contributed by atoms with E-state index in [1.54, 1.807) is 30.5 Å². The lowest BCUT2D eigenvalue weighted by Crippen LogP contribution is -2.10. The van der Waals surface area contributed by atoms with Crippen LogP contribution in [0.5, 0.6) is 0 Å². The second-order valence-electron chi connectivity index (χ2n) is 5.89. The van der Waals surface area contributed by atoms with Crippen LogP contribution in [-0.2, 0) is 16.0 Å². The van der Waals surface area contributed by atoms with E-state index in [0.717, 1.165) is 29.1 Å². The van der Waals surface area contributed by atoms with E-state index in [9.17, 15) is 4.79 Å². The zero-order valence-electron chi connectivity index (χ0n) is 14.2.